The number of anilines is 1. The number of amides is 1. The quantitative estimate of drug-likeness (QED) is 0.227. The zero-order chi connectivity index (χ0) is 22.7. The Bertz CT molecular complexity index is 1340. The van der Waals surface area contributed by atoms with Crippen LogP contribution < -0.4 is 5.32 Å². The van der Waals surface area contributed by atoms with Gasteiger partial charge < -0.3 is 14.5 Å². The van der Waals surface area contributed by atoms with E-state index in [1.807, 2.05) is 0 Å². The summed E-state index contributed by atoms with van der Waals surface area (Å²) in [5.74, 6) is -0.808. The molecule has 0 unspecified atom stereocenters. The zero-order valence-corrected chi connectivity index (χ0v) is 17.9. The maximum Gasteiger partial charge on any atom is 0.339 e. The van der Waals surface area contributed by atoms with Crippen molar-refractivity contribution in [2.75, 3.05) is 11.9 Å². The minimum Gasteiger partial charge on any atom is -0.463 e. The Balaban J connectivity index is 1.51. The van der Waals surface area contributed by atoms with Crippen LogP contribution in [0.4, 0.5) is 11.4 Å². The molecule has 0 aliphatic rings. The number of rotatable bonds is 6. The van der Waals surface area contributed by atoms with Crippen molar-refractivity contribution >= 4 is 50.1 Å². The van der Waals surface area contributed by atoms with Crippen LogP contribution in [0.1, 0.15) is 10.4 Å². The molecule has 4 aromatic rings. The van der Waals surface area contributed by atoms with Crippen LogP contribution in [-0.2, 0) is 9.53 Å². The molecule has 0 radical (unpaired) electrons. The van der Waals surface area contributed by atoms with Crippen molar-refractivity contribution in [2.24, 2.45) is 0 Å². The van der Waals surface area contributed by atoms with Crippen LogP contribution in [0.15, 0.2) is 75.8 Å². The van der Waals surface area contributed by atoms with Gasteiger partial charge in [0, 0.05) is 22.0 Å². The molecule has 2 heterocycles. The number of nitro groups is 1. The summed E-state index contributed by atoms with van der Waals surface area (Å²) in [4.78, 5) is 39.8. The van der Waals surface area contributed by atoms with Gasteiger partial charge in [0.15, 0.2) is 12.4 Å². The van der Waals surface area contributed by atoms with E-state index in [0.717, 1.165) is 0 Å². The Kier molecular flexibility index (Phi) is 5.95. The number of carbonyl (C=O) groups excluding carboxylic acids is 2. The topological polar surface area (TPSA) is 125 Å². The highest BCUT2D eigenvalue weighted by Crippen LogP contribution is 2.28. The molecular formula is C22H14BrN3O6. The van der Waals surface area contributed by atoms with Crippen molar-refractivity contribution < 1.29 is 23.7 Å². The molecule has 0 saturated heterocycles. The Labute approximate surface area is 189 Å². The monoisotopic (exact) mass is 495 g/mol. The molecule has 0 aliphatic carbocycles. The molecule has 32 heavy (non-hydrogen) atoms. The number of halogens is 1. The second kappa shape index (κ2) is 8.98. The molecule has 4 rings (SSSR count). The van der Waals surface area contributed by atoms with Gasteiger partial charge in [-0.1, -0.05) is 18.2 Å². The molecule has 9 nitrogen and oxygen atoms in total. The summed E-state index contributed by atoms with van der Waals surface area (Å²) in [6.07, 6.45) is 1.50. The Morgan fingerprint density at radius 3 is 2.66 bits per heavy atom. The maximum absolute atomic E-state index is 12.8. The molecule has 2 aromatic heterocycles. The zero-order valence-electron chi connectivity index (χ0n) is 16.3. The molecule has 1 amide bonds. The lowest BCUT2D eigenvalue weighted by Crippen LogP contribution is -2.21. The standard InChI is InChI=1S/C22H14BrN3O6/c23-16-10-13(26(29)30)7-8-18(16)25-21(27)12-32-22(28)15-11-19(20-6-3-9-31-20)24-17-5-2-1-4-14(15)17/h1-11H,12H2,(H,25,27). The first-order chi connectivity index (χ1) is 15.4. The van der Waals surface area contributed by atoms with Gasteiger partial charge in [-0.05, 0) is 46.3 Å². The second-order valence-corrected chi connectivity index (χ2v) is 7.45. The lowest BCUT2D eigenvalue weighted by Gasteiger charge is -2.10. The largest absolute Gasteiger partial charge is 0.463 e. The molecule has 0 bridgehead atoms. The van der Waals surface area contributed by atoms with Gasteiger partial charge in [-0.25, -0.2) is 9.78 Å². The number of carbonyl (C=O) groups is 2. The highest BCUT2D eigenvalue weighted by Gasteiger charge is 2.18. The van der Waals surface area contributed by atoms with Crippen LogP contribution in [0.3, 0.4) is 0 Å². The highest BCUT2D eigenvalue weighted by molar-refractivity contribution is 9.10. The van der Waals surface area contributed by atoms with Crippen LogP contribution in [0.5, 0.6) is 0 Å². The Morgan fingerprint density at radius 1 is 1.12 bits per heavy atom. The van der Waals surface area contributed by atoms with Gasteiger partial charge >= 0.3 is 5.97 Å². The molecule has 0 spiro atoms. The minimum atomic E-state index is -0.700. The summed E-state index contributed by atoms with van der Waals surface area (Å²) in [5.41, 5.74) is 1.46. The van der Waals surface area contributed by atoms with E-state index in [1.165, 1.54) is 24.5 Å². The lowest BCUT2D eigenvalue weighted by molar-refractivity contribution is -0.384. The van der Waals surface area contributed by atoms with Crippen LogP contribution in [0.25, 0.3) is 22.4 Å². The SMILES string of the molecule is O=C(COC(=O)c1cc(-c2ccco2)nc2ccccc12)Nc1ccc([N+](=O)[O-])cc1Br. The third kappa shape index (κ3) is 4.49. The van der Waals surface area contributed by atoms with Crippen LogP contribution >= 0.6 is 15.9 Å². The van der Waals surface area contributed by atoms with E-state index in [0.29, 0.717) is 32.5 Å². The van der Waals surface area contributed by atoms with Crippen molar-refractivity contribution in [3.63, 3.8) is 0 Å². The number of aromatic nitrogens is 1. The molecule has 0 atom stereocenters. The van der Waals surface area contributed by atoms with Crippen molar-refractivity contribution in [1.82, 2.24) is 4.98 Å². The summed E-state index contributed by atoms with van der Waals surface area (Å²) >= 11 is 3.17. The number of esters is 1. The van der Waals surface area contributed by atoms with E-state index >= 15 is 0 Å². The van der Waals surface area contributed by atoms with Gasteiger partial charge in [0.05, 0.1) is 28.0 Å². The molecule has 10 heteroatoms. The average molecular weight is 496 g/mol. The van der Waals surface area contributed by atoms with E-state index in [4.69, 9.17) is 9.15 Å². The summed E-state index contributed by atoms with van der Waals surface area (Å²) in [5, 5.41) is 13.9. The third-order valence-corrected chi connectivity index (χ3v) is 5.14. The van der Waals surface area contributed by atoms with E-state index in [9.17, 15) is 19.7 Å². The Hall–Kier alpha value is -4.05. The van der Waals surface area contributed by atoms with Gasteiger partial charge in [-0.15, -0.1) is 0 Å². The lowest BCUT2D eigenvalue weighted by atomic mass is 10.1. The second-order valence-electron chi connectivity index (χ2n) is 6.60. The number of nitro benzene ring substituents is 1. The molecular weight excluding hydrogens is 482 g/mol. The molecule has 2 aromatic carbocycles. The fourth-order valence-electron chi connectivity index (χ4n) is 3.01. The van der Waals surface area contributed by atoms with Gasteiger partial charge in [0.2, 0.25) is 0 Å². The van der Waals surface area contributed by atoms with Crippen molar-refractivity contribution in [3.05, 3.63) is 87.1 Å². The van der Waals surface area contributed by atoms with Gasteiger partial charge in [-0.2, -0.15) is 0 Å². The fraction of sp³-hybridized carbons (Fsp3) is 0.0455. The summed E-state index contributed by atoms with van der Waals surface area (Å²) in [6.45, 7) is -0.547. The first kappa shape index (κ1) is 21.2. The van der Waals surface area contributed by atoms with Crippen LogP contribution in [-0.4, -0.2) is 28.4 Å². The van der Waals surface area contributed by atoms with Gasteiger partial charge in [-0.3, -0.25) is 14.9 Å². The number of hydrogen-bond donors (Lipinski definition) is 1. The van der Waals surface area contributed by atoms with Crippen LogP contribution in [0, 0.1) is 10.1 Å². The number of pyridine rings is 1. The van der Waals surface area contributed by atoms with E-state index in [1.54, 1.807) is 42.5 Å². The summed E-state index contributed by atoms with van der Waals surface area (Å²) in [7, 11) is 0. The molecule has 160 valence electrons. The normalized spacial score (nSPS) is 10.7. The number of furan rings is 1. The molecule has 0 saturated carbocycles. The van der Waals surface area contributed by atoms with E-state index in [2.05, 4.69) is 26.2 Å². The maximum atomic E-state index is 12.8. The van der Waals surface area contributed by atoms with Gasteiger partial charge in [0.1, 0.15) is 5.69 Å². The van der Waals surface area contributed by atoms with E-state index in [-0.39, 0.29) is 11.3 Å². The van der Waals surface area contributed by atoms with E-state index < -0.39 is 23.4 Å². The number of para-hydroxylation sites is 1. The van der Waals surface area contributed by atoms with Crippen molar-refractivity contribution in [1.29, 1.82) is 0 Å². The van der Waals surface area contributed by atoms with Gasteiger partial charge in [0.25, 0.3) is 11.6 Å². The average Bonchev–Trinajstić information content (AvgIpc) is 3.33. The third-order valence-electron chi connectivity index (χ3n) is 4.48. The first-order valence-corrected chi connectivity index (χ1v) is 10.1. The number of non-ortho nitro benzene ring substituents is 1. The summed E-state index contributed by atoms with van der Waals surface area (Å²) < 4.78 is 10.9. The molecule has 0 fully saturated rings. The predicted octanol–water partition coefficient (Wildman–Crippen LogP) is 4.96. The number of ether oxygens (including phenoxy) is 1. The highest BCUT2D eigenvalue weighted by atomic mass is 79.9. The first-order valence-electron chi connectivity index (χ1n) is 9.27. The number of nitrogens with one attached hydrogen (secondary N) is 1. The number of fused-ring (bicyclic) bond motifs is 1. The predicted molar refractivity (Wildman–Crippen MR) is 119 cm³/mol. The summed E-state index contributed by atoms with van der Waals surface area (Å²) in [6, 6.07) is 16.0. The minimum absolute atomic E-state index is 0.127. The van der Waals surface area contributed by atoms with Crippen LogP contribution in [0.2, 0.25) is 0 Å². The molecule has 1 N–H and O–H groups in total. The number of hydrogen-bond acceptors (Lipinski definition) is 7. The van der Waals surface area contributed by atoms with Crippen molar-refractivity contribution in [2.45, 2.75) is 0 Å². The smallest absolute Gasteiger partial charge is 0.339 e. The number of nitrogens with zero attached hydrogens (tertiary/aromatic N) is 2. The Morgan fingerprint density at radius 2 is 1.94 bits per heavy atom. The van der Waals surface area contributed by atoms with Crippen molar-refractivity contribution in [3.8, 4) is 11.5 Å². The molecule has 0 aliphatic heterocycles. The fourth-order valence-corrected chi connectivity index (χ4v) is 3.47. The number of benzene rings is 2.